The zero-order valence-electron chi connectivity index (χ0n) is 19.7. The van der Waals surface area contributed by atoms with Crippen molar-refractivity contribution in [1.29, 1.82) is 0 Å². The molecular formula is C26H33N3O4. The lowest BCUT2D eigenvalue weighted by atomic mass is 9.98. The zero-order valence-corrected chi connectivity index (χ0v) is 19.7. The lowest BCUT2D eigenvalue weighted by Gasteiger charge is -2.34. The van der Waals surface area contributed by atoms with Crippen LogP contribution in [0, 0.1) is 0 Å². The third-order valence-corrected chi connectivity index (χ3v) is 6.71. The highest BCUT2D eigenvalue weighted by Crippen LogP contribution is 2.34. The number of aromatic hydroxyl groups is 2. The Bertz CT molecular complexity index is 1060. The van der Waals surface area contributed by atoms with Gasteiger partial charge in [-0.25, -0.2) is 0 Å². The third-order valence-electron chi connectivity index (χ3n) is 6.71. The molecule has 0 unspecified atom stereocenters. The van der Waals surface area contributed by atoms with Crippen LogP contribution in [0.2, 0.25) is 0 Å². The first-order valence-electron chi connectivity index (χ1n) is 11.7. The number of phenols is 2. The number of amides is 2. The number of carbonyl (C=O) groups excluding carboxylic acids is 2. The SMILES string of the molecule is CCC(=O)N1CCN(Cc2ccc3c(c2)CN(C(=O)c2cc(C(C)C)c(O)cc2O)C3)CC1. The third kappa shape index (κ3) is 4.83. The summed E-state index contributed by atoms with van der Waals surface area (Å²) in [4.78, 5) is 31.1. The minimum atomic E-state index is -0.233. The van der Waals surface area contributed by atoms with Crippen LogP contribution in [0.25, 0.3) is 0 Å². The molecule has 2 heterocycles. The molecule has 2 N–H and O–H groups in total. The fourth-order valence-electron chi connectivity index (χ4n) is 4.73. The summed E-state index contributed by atoms with van der Waals surface area (Å²) in [6.45, 7) is 10.9. The average molecular weight is 452 g/mol. The van der Waals surface area contributed by atoms with Gasteiger partial charge in [0, 0.05) is 58.3 Å². The van der Waals surface area contributed by atoms with Crippen LogP contribution >= 0.6 is 0 Å². The average Bonchev–Trinajstić information content (AvgIpc) is 3.22. The van der Waals surface area contributed by atoms with Crippen LogP contribution in [0.3, 0.4) is 0 Å². The van der Waals surface area contributed by atoms with Crippen LogP contribution in [0.1, 0.15) is 65.7 Å². The highest BCUT2D eigenvalue weighted by Gasteiger charge is 2.28. The molecular weight excluding hydrogens is 418 g/mol. The molecule has 2 aromatic rings. The van der Waals surface area contributed by atoms with Crippen LogP contribution in [0.15, 0.2) is 30.3 Å². The van der Waals surface area contributed by atoms with E-state index in [0.29, 0.717) is 25.1 Å². The van der Waals surface area contributed by atoms with E-state index in [4.69, 9.17) is 0 Å². The molecule has 0 radical (unpaired) electrons. The topological polar surface area (TPSA) is 84.3 Å². The minimum Gasteiger partial charge on any atom is -0.508 e. The Balaban J connectivity index is 1.42. The van der Waals surface area contributed by atoms with Crippen molar-refractivity contribution in [1.82, 2.24) is 14.7 Å². The second-order valence-electron chi connectivity index (χ2n) is 9.36. The smallest absolute Gasteiger partial charge is 0.258 e. The maximum atomic E-state index is 13.2. The maximum Gasteiger partial charge on any atom is 0.258 e. The maximum absolute atomic E-state index is 13.2. The molecule has 0 spiro atoms. The van der Waals surface area contributed by atoms with Crippen LogP contribution in [-0.2, 0) is 24.4 Å². The first-order valence-corrected chi connectivity index (χ1v) is 11.7. The van der Waals surface area contributed by atoms with Crippen molar-refractivity contribution in [3.63, 3.8) is 0 Å². The molecule has 176 valence electrons. The number of nitrogens with zero attached hydrogens (tertiary/aromatic N) is 3. The Hall–Kier alpha value is -3.06. The van der Waals surface area contributed by atoms with Gasteiger partial charge in [-0.05, 0) is 34.2 Å². The van der Waals surface area contributed by atoms with Gasteiger partial charge < -0.3 is 20.0 Å². The van der Waals surface area contributed by atoms with Crippen molar-refractivity contribution < 1.29 is 19.8 Å². The monoisotopic (exact) mass is 451 g/mol. The quantitative estimate of drug-likeness (QED) is 0.728. The van der Waals surface area contributed by atoms with Gasteiger partial charge in [-0.15, -0.1) is 0 Å². The number of piperazine rings is 1. The van der Waals surface area contributed by atoms with Crippen LogP contribution in [0.5, 0.6) is 11.5 Å². The van der Waals surface area contributed by atoms with Gasteiger partial charge >= 0.3 is 0 Å². The van der Waals surface area contributed by atoms with E-state index in [1.165, 1.54) is 11.6 Å². The molecule has 2 amide bonds. The summed E-state index contributed by atoms with van der Waals surface area (Å²) in [5.41, 5.74) is 4.32. The van der Waals surface area contributed by atoms with Gasteiger partial charge in [0.15, 0.2) is 0 Å². The molecule has 2 aliphatic heterocycles. The van der Waals surface area contributed by atoms with Gasteiger partial charge in [-0.2, -0.15) is 0 Å². The number of benzene rings is 2. The predicted molar refractivity (Wildman–Crippen MR) is 126 cm³/mol. The fraction of sp³-hybridized carbons (Fsp3) is 0.462. The number of rotatable bonds is 5. The molecule has 0 aliphatic carbocycles. The molecule has 0 aromatic heterocycles. The predicted octanol–water partition coefficient (Wildman–Crippen LogP) is 3.43. The molecule has 1 fully saturated rings. The Morgan fingerprint density at radius 1 is 0.909 bits per heavy atom. The second-order valence-corrected chi connectivity index (χ2v) is 9.36. The van der Waals surface area contributed by atoms with Crippen LogP contribution in [0.4, 0.5) is 0 Å². The molecule has 2 aromatic carbocycles. The van der Waals surface area contributed by atoms with E-state index in [1.807, 2.05) is 25.7 Å². The summed E-state index contributed by atoms with van der Waals surface area (Å²) in [5.74, 6) is -0.161. The Kier molecular flexibility index (Phi) is 6.61. The number of fused-ring (bicyclic) bond motifs is 1. The molecule has 2 aliphatic rings. The highest BCUT2D eigenvalue weighted by molar-refractivity contribution is 5.97. The van der Waals surface area contributed by atoms with Gasteiger partial charge in [0.2, 0.25) is 5.91 Å². The highest BCUT2D eigenvalue weighted by atomic mass is 16.3. The summed E-state index contributed by atoms with van der Waals surface area (Å²) < 4.78 is 0. The van der Waals surface area contributed by atoms with Gasteiger partial charge in [-0.1, -0.05) is 39.0 Å². The van der Waals surface area contributed by atoms with Crippen molar-refractivity contribution in [2.75, 3.05) is 26.2 Å². The van der Waals surface area contributed by atoms with E-state index in [2.05, 4.69) is 23.1 Å². The summed E-state index contributed by atoms with van der Waals surface area (Å²) in [6, 6.07) is 9.24. The molecule has 0 saturated carbocycles. The van der Waals surface area contributed by atoms with Crippen molar-refractivity contribution >= 4 is 11.8 Å². The lowest BCUT2D eigenvalue weighted by molar-refractivity contribution is -0.132. The molecule has 7 nitrogen and oxygen atoms in total. The number of carbonyl (C=O) groups is 2. The van der Waals surface area contributed by atoms with Crippen molar-refractivity contribution in [2.24, 2.45) is 0 Å². The molecule has 4 rings (SSSR count). The standard InChI is InChI=1S/C26H33N3O4/c1-4-25(32)28-9-7-27(8-10-28)14-18-5-6-19-15-29(16-20(19)11-18)26(33)22-12-21(17(2)3)23(30)13-24(22)31/h5-6,11-13,17,30-31H,4,7-10,14-16H2,1-3H3. The van der Waals surface area contributed by atoms with Gasteiger partial charge in [0.25, 0.3) is 5.91 Å². The summed E-state index contributed by atoms with van der Waals surface area (Å²) in [6.07, 6.45) is 0.556. The van der Waals surface area contributed by atoms with E-state index in [0.717, 1.165) is 43.9 Å². The Morgan fingerprint density at radius 3 is 2.27 bits per heavy atom. The van der Waals surface area contributed by atoms with E-state index < -0.39 is 0 Å². The van der Waals surface area contributed by atoms with Gasteiger partial charge in [-0.3, -0.25) is 14.5 Å². The largest absolute Gasteiger partial charge is 0.508 e. The number of phenolic OH excluding ortho intramolecular Hbond substituents is 2. The van der Waals surface area contributed by atoms with Gasteiger partial charge in [0.05, 0.1) is 5.56 Å². The molecule has 1 saturated heterocycles. The summed E-state index contributed by atoms with van der Waals surface area (Å²) in [7, 11) is 0. The molecule has 33 heavy (non-hydrogen) atoms. The minimum absolute atomic E-state index is 0.00768. The summed E-state index contributed by atoms with van der Waals surface area (Å²) in [5, 5.41) is 20.4. The van der Waals surface area contributed by atoms with E-state index >= 15 is 0 Å². The normalized spacial score (nSPS) is 16.4. The molecule has 0 atom stereocenters. The van der Waals surface area contributed by atoms with Crippen LogP contribution in [-0.4, -0.2) is 62.9 Å². The van der Waals surface area contributed by atoms with Crippen molar-refractivity contribution in [3.8, 4) is 11.5 Å². The first-order chi connectivity index (χ1) is 15.8. The van der Waals surface area contributed by atoms with Crippen LogP contribution < -0.4 is 0 Å². The van der Waals surface area contributed by atoms with E-state index in [-0.39, 0.29) is 34.8 Å². The first kappa shape index (κ1) is 23.1. The molecule has 7 heteroatoms. The fourth-order valence-corrected chi connectivity index (χ4v) is 4.73. The number of hydrogen-bond donors (Lipinski definition) is 2. The van der Waals surface area contributed by atoms with Gasteiger partial charge in [0.1, 0.15) is 11.5 Å². The van der Waals surface area contributed by atoms with Crippen molar-refractivity contribution in [2.45, 2.75) is 52.7 Å². The van der Waals surface area contributed by atoms with Crippen molar-refractivity contribution in [3.05, 3.63) is 58.1 Å². The Labute approximate surface area is 195 Å². The Morgan fingerprint density at radius 2 is 1.61 bits per heavy atom. The zero-order chi connectivity index (χ0) is 23.7. The summed E-state index contributed by atoms with van der Waals surface area (Å²) >= 11 is 0. The van der Waals surface area contributed by atoms with E-state index in [1.54, 1.807) is 11.0 Å². The second kappa shape index (κ2) is 9.43. The molecule has 0 bridgehead atoms. The van der Waals surface area contributed by atoms with E-state index in [9.17, 15) is 19.8 Å². The number of hydrogen-bond acceptors (Lipinski definition) is 5. The lowest BCUT2D eigenvalue weighted by Crippen LogP contribution is -2.48.